The summed E-state index contributed by atoms with van der Waals surface area (Å²) in [6.07, 6.45) is 4.33. The van der Waals surface area contributed by atoms with Crippen LogP contribution in [0.1, 0.15) is 41.9 Å². The largest absolute Gasteiger partial charge is 0.0981 e. The van der Waals surface area contributed by atoms with E-state index in [1.807, 2.05) is 0 Å². The Hall–Kier alpha value is -0.0431. The molecular weight excluding hydrogens is 160 g/mol. The van der Waals surface area contributed by atoms with Gasteiger partial charge in [0.1, 0.15) is 0 Å². The van der Waals surface area contributed by atoms with Crippen molar-refractivity contribution in [3.05, 3.63) is 11.8 Å². The van der Waals surface area contributed by atoms with E-state index in [4.69, 9.17) is 1.37 Å². The molecule has 1 heteroatoms. The maximum atomic E-state index is 8.06. The number of allylic oxidation sites excluding steroid dienone is 1. The highest BCUT2D eigenvalue weighted by molar-refractivity contribution is 6.84. The van der Waals surface area contributed by atoms with Crippen LogP contribution in [0.3, 0.4) is 0 Å². The maximum absolute atomic E-state index is 8.06. The molecule has 0 nitrogen and oxygen atoms in total. The molecule has 0 aromatic rings. The predicted octanol–water partition coefficient (Wildman–Crippen LogP) is 4.39. The number of hydrogen-bond donors (Lipinski definition) is 0. The monoisotopic (exact) mass is 185 g/mol. The van der Waals surface area contributed by atoms with Gasteiger partial charge in [-0.05, 0) is 11.5 Å². The van der Waals surface area contributed by atoms with Gasteiger partial charge in [-0.25, -0.2) is 0 Å². The third-order valence-corrected chi connectivity index (χ3v) is 7.45. The van der Waals surface area contributed by atoms with Crippen molar-refractivity contribution >= 4 is 8.07 Å². The highest BCUT2D eigenvalue weighted by atomic mass is 28.3. The summed E-state index contributed by atoms with van der Waals surface area (Å²) < 4.78 is 8.06. The molecule has 0 aliphatic heterocycles. The normalized spacial score (nSPS) is 16.2. The molecule has 0 aliphatic rings. The number of hydrogen-bond acceptors (Lipinski definition) is 0. The lowest BCUT2D eigenvalue weighted by atomic mass is 10.2. The summed E-state index contributed by atoms with van der Waals surface area (Å²) in [6.45, 7) is 13.5. The van der Waals surface area contributed by atoms with Crippen LogP contribution in [-0.4, -0.2) is 8.07 Å². The second kappa shape index (κ2) is 4.27. The SMILES string of the molecule is [2H]/C(=C\CCC)[Si](C)(C)C(C)(C)C. The third kappa shape index (κ3) is 3.57. The number of unbranched alkanes of at least 4 members (excludes halogenated alkanes) is 1. The summed E-state index contributed by atoms with van der Waals surface area (Å²) in [4.78, 5) is 0. The van der Waals surface area contributed by atoms with Gasteiger partial charge in [0.05, 0.1) is 9.44 Å². The second-order valence-corrected chi connectivity index (χ2v) is 10.1. The van der Waals surface area contributed by atoms with Gasteiger partial charge < -0.3 is 0 Å². The van der Waals surface area contributed by atoms with Crippen molar-refractivity contribution in [2.75, 3.05) is 0 Å². The Morgan fingerprint density at radius 1 is 1.33 bits per heavy atom. The highest BCUT2D eigenvalue weighted by Crippen LogP contribution is 2.36. The van der Waals surface area contributed by atoms with Crippen molar-refractivity contribution in [2.45, 2.75) is 58.7 Å². The standard InChI is InChI=1S/C11H24Si/c1-7-8-9-10-12(5,6)11(2,3)4/h9-10H,7-8H2,1-6H3/b10-9+/i10D. The molecule has 0 aromatic heterocycles. The molecule has 12 heavy (non-hydrogen) atoms. The topological polar surface area (TPSA) is 0 Å². The van der Waals surface area contributed by atoms with Gasteiger partial charge >= 0.3 is 0 Å². The molecule has 0 amide bonds. The lowest BCUT2D eigenvalue weighted by molar-refractivity contribution is 0.728. The van der Waals surface area contributed by atoms with E-state index in [-0.39, 0.29) is 0 Å². The highest BCUT2D eigenvalue weighted by Gasteiger charge is 2.31. The molecule has 0 bridgehead atoms. The molecule has 0 radical (unpaired) electrons. The van der Waals surface area contributed by atoms with Crippen molar-refractivity contribution in [1.29, 1.82) is 0 Å². The Kier molecular flexibility index (Phi) is 3.57. The lowest BCUT2D eigenvalue weighted by Crippen LogP contribution is -2.34. The van der Waals surface area contributed by atoms with E-state index in [1.54, 1.807) is 0 Å². The van der Waals surface area contributed by atoms with Crippen LogP contribution in [-0.2, 0) is 0 Å². The van der Waals surface area contributed by atoms with E-state index in [2.05, 4.69) is 46.9 Å². The van der Waals surface area contributed by atoms with Gasteiger partial charge in [0, 0.05) is 0 Å². The minimum absolute atomic E-state index is 0.300. The molecule has 0 heterocycles. The molecule has 0 saturated carbocycles. The smallest absolute Gasteiger partial charge is 0.0766 e. The average Bonchev–Trinajstić information content (AvgIpc) is 1.97. The summed E-state index contributed by atoms with van der Waals surface area (Å²) in [5.74, 6) is 0. The zero-order chi connectivity index (χ0) is 10.7. The minimum Gasteiger partial charge on any atom is -0.0981 e. The van der Waals surface area contributed by atoms with Crippen LogP contribution in [0.5, 0.6) is 0 Å². The Morgan fingerprint density at radius 2 is 1.83 bits per heavy atom. The first kappa shape index (κ1) is 10.0. The first-order chi connectivity index (χ1) is 5.73. The van der Waals surface area contributed by atoms with E-state index in [9.17, 15) is 0 Å². The molecule has 0 atom stereocenters. The Labute approximate surface area is 80.5 Å². The fourth-order valence-corrected chi connectivity index (χ4v) is 1.78. The minimum atomic E-state index is -1.52. The average molecular weight is 185 g/mol. The van der Waals surface area contributed by atoms with Crippen LogP contribution in [0, 0.1) is 0 Å². The van der Waals surface area contributed by atoms with Gasteiger partial charge in [-0.2, -0.15) is 0 Å². The molecule has 0 N–H and O–H groups in total. The quantitative estimate of drug-likeness (QED) is 0.572. The fraction of sp³-hybridized carbons (Fsp3) is 0.818. The summed E-state index contributed by atoms with van der Waals surface area (Å²) >= 11 is 0. The Bertz CT molecular complexity index is 187. The molecule has 0 spiro atoms. The first-order valence-electron chi connectivity index (χ1n) is 5.40. The third-order valence-electron chi connectivity index (χ3n) is 2.77. The molecule has 0 rings (SSSR count). The molecule has 0 fully saturated rings. The second-order valence-electron chi connectivity index (χ2n) is 5.01. The summed E-state index contributed by atoms with van der Waals surface area (Å²) in [7, 11) is -1.52. The Balaban J connectivity index is 4.63. The van der Waals surface area contributed by atoms with Crippen molar-refractivity contribution in [2.24, 2.45) is 0 Å². The Morgan fingerprint density at radius 3 is 2.17 bits per heavy atom. The van der Waals surface area contributed by atoms with E-state index in [1.165, 1.54) is 0 Å². The van der Waals surface area contributed by atoms with Gasteiger partial charge in [-0.15, -0.1) is 0 Å². The van der Waals surface area contributed by atoms with Gasteiger partial charge in [-0.1, -0.05) is 59.0 Å². The van der Waals surface area contributed by atoms with Gasteiger partial charge in [0.2, 0.25) is 0 Å². The van der Waals surface area contributed by atoms with Crippen LogP contribution in [0.15, 0.2) is 11.8 Å². The van der Waals surface area contributed by atoms with E-state index < -0.39 is 8.07 Å². The molecule has 0 aromatic carbocycles. The van der Waals surface area contributed by atoms with Crippen LogP contribution in [0.2, 0.25) is 18.1 Å². The summed E-state index contributed by atoms with van der Waals surface area (Å²) in [5, 5.41) is 0.300. The van der Waals surface area contributed by atoms with Gasteiger partial charge in [-0.3, -0.25) is 0 Å². The van der Waals surface area contributed by atoms with E-state index >= 15 is 0 Å². The van der Waals surface area contributed by atoms with Crippen LogP contribution in [0.4, 0.5) is 0 Å². The first-order valence-corrected chi connectivity index (χ1v) is 7.90. The van der Waals surface area contributed by atoms with Crippen LogP contribution in [0.25, 0.3) is 0 Å². The van der Waals surface area contributed by atoms with Gasteiger partial charge in [0.15, 0.2) is 0 Å². The molecule has 0 aliphatic carbocycles. The molecule has 0 saturated heterocycles. The van der Waals surface area contributed by atoms with E-state index in [0.29, 0.717) is 5.04 Å². The van der Waals surface area contributed by atoms with Crippen LogP contribution < -0.4 is 0 Å². The van der Waals surface area contributed by atoms with Crippen LogP contribution >= 0.6 is 0 Å². The van der Waals surface area contributed by atoms with Crippen molar-refractivity contribution in [3.8, 4) is 0 Å². The van der Waals surface area contributed by atoms with Crippen molar-refractivity contribution in [1.82, 2.24) is 0 Å². The van der Waals surface area contributed by atoms with E-state index in [0.717, 1.165) is 18.5 Å². The predicted molar refractivity (Wildman–Crippen MR) is 61.2 cm³/mol. The lowest BCUT2D eigenvalue weighted by Gasteiger charge is -2.34. The zero-order valence-corrected chi connectivity index (χ0v) is 10.5. The number of rotatable bonds is 3. The summed E-state index contributed by atoms with van der Waals surface area (Å²) in [6, 6.07) is 0. The fourth-order valence-electron chi connectivity index (χ4n) is 0.688. The molecule has 72 valence electrons. The molecule has 0 unspecified atom stereocenters. The summed E-state index contributed by atoms with van der Waals surface area (Å²) in [5.41, 5.74) is 0.918. The zero-order valence-electron chi connectivity index (χ0n) is 10.5. The molecular formula is C11H24Si. The van der Waals surface area contributed by atoms with Crippen molar-refractivity contribution < 1.29 is 1.37 Å². The van der Waals surface area contributed by atoms with Crippen molar-refractivity contribution in [3.63, 3.8) is 0 Å². The maximum Gasteiger partial charge on any atom is 0.0766 e. The van der Waals surface area contributed by atoms with Gasteiger partial charge in [0.25, 0.3) is 0 Å².